The van der Waals surface area contributed by atoms with E-state index in [2.05, 4.69) is 20.7 Å². The van der Waals surface area contributed by atoms with Crippen LogP contribution >= 0.6 is 11.5 Å². The Morgan fingerprint density at radius 3 is 2.94 bits per heavy atom. The molecule has 1 aromatic rings. The van der Waals surface area contributed by atoms with Crippen LogP contribution in [0.5, 0.6) is 0 Å². The van der Waals surface area contributed by atoms with Crippen LogP contribution in [-0.2, 0) is 0 Å². The predicted molar refractivity (Wildman–Crippen MR) is 69.4 cm³/mol. The maximum Gasteiger partial charge on any atom is 0.0425 e. The van der Waals surface area contributed by atoms with Gasteiger partial charge in [0.1, 0.15) is 0 Å². The van der Waals surface area contributed by atoms with Crippen molar-refractivity contribution < 1.29 is 0 Å². The normalized spacial score (nSPS) is 44.6. The molecule has 4 aliphatic rings. The molecule has 4 heteroatoms. The third kappa shape index (κ3) is 1.38. The average molecular weight is 249 g/mol. The summed E-state index contributed by atoms with van der Waals surface area (Å²) in [6.45, 7) is 5.02. The molecule has 1 N–H and O–H groups in total. The van der Waals surface area contributed by atoms with Gasteiger partial charge in [0.2, 0.25) is 0 Å². The molecule has 4 saturated heterocycles. The van der Waals surface area contributed by atoms with Crippen LogP contribution in [0.15, 0.2) is 12.3 Å². The molecule has 1 spiro atoms. The van der Waals surface area contributed by atoms with E-state index in [0.717, 1.165) is 11.8 Å². The van der Waals surface area contributed by atoms with E-state index in [1.54, 1.807) is 11.5 Å². The van der Waals surface area contributed by atoms with E-state index in [-0.39, 0.29) is 0 Å². The van der Waals surface area contributed by atoms with Crippen LogP contribution in [0, 0.1) is 5.92 Å². The molecule has 17 heavy (non-hydrogen) atoms. The molecule has 0 aliphatic carbocycles. The van der Waals surface area contributed by atoms with Crippen molar-refractivity contribution in [1.29, 1.82) is 0 Å². The summed E-state index contributed by atoms with van der Waals surface area (Å²) >= 11 is 1.73. The minimum absolute atomic E-state index is 0.424. The summed E-state index contributed by atoms with van der Waals surface area (Å²) in [4.78, 5) is 4.31. The van der Waals surface area contributed by atoms with Crippen LogP contribution < -0.4 is 5.32 Å². The number of nitrogens with one attached hydrogen (secondary N) is 1. The van der Waals surface area contributed by atoms with E-state index < -0.39 is 0 Å². The molecule has 92 valence electrons. The smallest absolute Gasteiger partial charge is 0.0425 e. The van der Waals surface area contributed by atoms with Gasteiger partial charge in [-0.25, -0.2) is 4.37 Å². The van der Waals surface area contributed by atoms with Crippen molar-refractivity contribution in [3.63, 3.8) is 0 Å². The molecule has 0 amide bonds. The molecule has 5 heterocycles. The van der Waals surface area contributed by atoms with Gasteiger partial charge in [0.05, 0.1) is 0 Å². The Morgan fingerprint density at radius 1 is 1.41 bits per heavy atom. The van der Waals surface area contributed by atoms with Crippen LogP contribution in [0.2, 0.25) is 0 Å². The van der Waals surface area contributed by atoms with Gasteiger partial charge in [-0.1, -0.05) is 0 Å². The molecule has 2 atom stereocenters. The summed E-state index contributed by atoms with van der Waals surface area (Å²) in [5, 5.41) is 3.60. The number of fused-ring (bicyclic) bond motifs is 2. The molecule has 0 aromatic carbocycles. The molecule has 4 aliphatic heterocycles. The SMILES string of the molecule is c1cc(C2C3CCN(CC3)[C@]23CCNC3)sn1. The lowest BCUT2D eigenvalue weighted by Gasteiger charge is -2.57. The zero-order chi connectivity index (χ0) is 11.3. The van der Waals surface area contributed by atoms with Gasteiger partial charge in [0, 0.05) is 29.1 Å². The van der Waals surface area contributed by atoms with E-state index in [0.29, 0.717) is 5.54 Å². The van der Waals surface area contributed by atoms with Crippen molar-refractivity contribution >= 4 is 11.5 Å². The molecular formula is C13H19N3S. The summed E-state index contributed by atoms with van der Waals surface area (Å²) in [6, 6.07) is 2.26. The highest BCUT2D eigenvalue weighted by molar-refractivity contribution is 7.05. The minimum Gasteiger partial charge on any atom is -0.315 e. The molecule has 4 fully saturated rings. The summed E-state index contributed by atoms with van der Waals surface area (Å²) in [5.41, 5.74) is 0.424. The van der Waals surface area contributed by atoms with Gasteiger partial charge in [-0.2, -0.15) is 0 Å². The highest BCUT2D eigenvalue weighted by atomic mass is 32.1. The van der Waals surface area contributed by atoms with Gasteiger partial charge in [-0.3, -0.25) is 4.90 Å². The second-order valence-corrected chi connectivity index (χ2v) is 6.61. The zero-order valence-electron chi connectivity index (χ0n) is 10.1. The maximum absolute atomic E-state index is 4.34. The first-order chi connectivity index (χ1) is 8.40. The summed E-state index contributed by atoms with van der Waals surface area (Å²) < 4.78 is 4.34. The second-order valence-electron chi connectivity index (χ2n) is 5.75. The Hall–Kier alpha value is -0.450. The number of nitrogens with zero attached hydrogens (tertiary/aromatic N) is 2. The van der Waals surface area contributed by atoms with Gasteiger partial charge >= 0.3 is 0 Å². The molecular weight excluding hydrogens is 230 g/mol. The maximum atomic E-state index is 4.34. The van der Waals surface area contributed by atoms with Crippen LogP contribution in [0.1, 0.15) is 30.1 Å². The summed E-state index contributed by atoms with van der Waals surface area (Å²) in [5.74, 6) is 1.65. The first-order valence-electron chi connectivity index (χ1n) is 6.76. The summed E-state index contributed by atoms with van der Waals surface area (Å²) in [6.07, 6.45) is 6.09. The van der Waals surface area contributed by atoms with Gasteiger partial charge in [-0.15, -0.1) is 0 Å². The van der Waals surface area contributed by atoms with Crippen molar-refractivity contribution in [2.75, 3.05) is 26.2 Å². The van der Waals surface area contributed by atoms with E-state index in [1.807, 2.05) is 6.20 Å². The lowest BCUT2D eigenvalue weighted by molar-refractivity contribution is -0.0391. The molecule has 3 nitrogen and oxygen atoms in total. The Morgan fingerprint density at radius 2 is 2.29 bits per heavy atom. The van der Waals surface area contributed by atoms with Crippen molar-refractivity contribution in [2.24, 2.45) is 5.92 Å². The molecule has 0 radical (unpaired) electrons. The number of rotatable bonds is 1. The van der Waals surface area contributed by atoms with E-state index in [9.17, 15) is 0 Å². The first-order valence-corrected chi connectivity index (χ1v) is 7.54. The third-order valence-corrected chi connectivity index (χ3v) is 5.98. The van der Waals surface area contributed by atoms with Crippen molar-refractivity contribution in [1.82, 2.24) is 14.6 Å². The average Bonchev–Trinajstić information content (AvgIpc) is 3.03. The lowest BCUT2D eigenvalue weighted by Crippen LogP contribution is -2.63. The van der Waals surface area contributed by atoms with Crippen LogP contribution in [0.4, 0.5) is 0 Å². The van der Waals surface area contributed by atoms with Crippen LogP contribution in [0.25, 0.3) is 0 Å². The largest absolute Gasteiger partial charge is 0.315 e. The number of hydrogen-bond donors (Lipinski definition) is 1. The highest BCUT2D eigenvalue weighted by Gasteiger charge is 2.55. The Balaban J connectivity index is 1.79. The van der Waals surface area contributed by atoms with Crippen molar-refractivity contribution in [3.8, 4) is 0 Å². The molecule has 5 rings (SSSR count). The number of aromatic nitrogens is 1. The second kappa shape index (κ2) is 3.77. The Bertz CT molecular complexity index is 389. The monoisotopic (exact) mass is 249 g/mol. The number of piperidine rings is 3. The van der Waals surface area contributed by atoms with E-state index in [4.69, 9.17) is 0 Å². The van der Waals surface area contributed by atoms with Crippen LogP contribution in [0.3, 0.4) is 0 Å². The fourth-order valence-electron chi connectivity index (χ4n) is 4.43. The standard InChI is InChI=1S/C13H19N3S/c1-5-15-17-11(1)12-10-2-7-16(8-3-10)13(12)4-6-14-9-13/h1,5,10,12,14H,2-4,6-9H2/t12?,13-/m0/s1. The van der Waals surface area contributed by atoms with Gasteiger partial charge < -0.3 is 5.32 Å². The predicted octanol–water partition coefficient (Wildman–Crippen LogP) is 1.68. The quantitative estimate of drug-likeness (QED) is 0.821. The Kier molecular flexibility index (Phi) is 2.32. The minimum atomic E-state index is 0.424. The molecule has 1 unspecified atom stereocenters. The topological polar surface area (TPSA) is 28.2 Å². The molecule has 2 bridgehead atoms. The first kappa shape index (κ1) is 10.5. The number of hydrogen-bond acceptors (Lipinski definition) is 4. The van der Waals surface area contributed by atoms with Crippen LogP contribution in [-0.4, -0.2) is 41.0 Å². The van der Waals surface area contributed by atoms with Gasteiger partial charge in [0.15, 0.2) is 0 Å². The molecule has 1 aromatic heterocycles. The van der Waals surface area contributed by atoms with E-state index in [1.165, 1.54) is 50.3 Å². The van der Waals surface area contributed by atoms with Crippen molar-refractivity contribution in [2.45, 2.75) is 30.7 Å². The van der Waals surface area contributed by atoms with Gasteiger partial charge in [0.25, 0.3) is 0 Å². The lowest BCUT2D eigenvalue weighted by atomic mass is 9.64. The highest BCUT2D eigenvalue weighted by Crippen LogP contribution is 2.52. The third-order valence-electron chi connectivity index (χ3n) is 5.15. The zero-order valence-corrected chi connectivity index (χ0v) is 10.9. The fraction of sp³-hybridized carbons (Fsp3) is 0.769. The molecule has 0 saturated carbocycles. The van der Waals surface area contributed by atoms with Gasteiger partial charge in [-0.05, 0) is 62.4 Å². The van der Waals surface area contributed by atoms with Crippen molar-refractivity contribution in [3.05, 3.63) is 17.1 Å². The summed E-state index contributed by atoms with van der Waals surface area (Å²) in [7, 11) is 0. The fourth-order valence-corrected chi connectivity index (χ4v) is 5.32. The Labute approximate surface area is 106 Å². The van der Waals surface area contributed by atoms with E-state index >= 15 is 0 Å².